The first-order chi connectivity index (χ1) is 17.0. The fraction of sp³-hybridized carbons (Fsp3) is 0.261. The number of aromatic nitrogens is 2. The molecule has 1 unspecified atom stereocenters. The van der Waals surface area contributed by atoms with Gasteiger partial charge in [0.25, 0.3) is 5.91 Å². The first-order valence-corrected chi connectivity index (χ1v) is 10.5. The first kappa shape index (κ1) is 25.4. The molecule has 4 rings (SSSR count). The van der Waals surface area contributed by atoms with E-state index in [4.69, 9.17) is 14.9 Å². The largest absolute Gasteiger partial charge is 0.439 e. The average molecular weight is 512 g/mol. The fourth-order valence-corrected chi connectivity index (χ4v) is 3.74. The lowest BCUT2D eigenvalue weighted by Crippen LogP contribution is -2.26. The van der Waals surface area contributed by atoms with Crippen molar-refractivity contribution in [1.82, 2.24) is 15.3 Å². The van der Waals surface area contributed by atoms with Crippen molar-refractivity contribution in [3.05, 3.63) is 87.7 Å². The number of ether oxygens (including phenoxy) is 1. The molecule has 0 saturated heterocycles. The molecular formula is C23H18F6N4O3. The lowest BCUT2D eigenvalue weighted by molar-refractivity contribution is -0.141. The molecule has 1 aliphatic carbocycles. The van der Waals surface area contributed by atoms with Crippen molar-refractivity contribution in [2.75, 3.05) is 7.11 Å². The minimum atomic E-state index is -4.67. The van der Waals surface area contributed by atoms with Crippen molar-refractivity contribution in [3.8, 4) is 0 Å². The molecule has 0 fully saturated rings. The minimum Gasteiger partial charge on any atom is -0.439 e. The Morgan fingerprint density at radius 1 is 1.19 bits per heavy atom. The van der Waals surface area contributed by atoms with Crippen LogP contribution in [0.15, 0.2) is 34.8 Å². The molecule has 0 saturated carbocycles. The Kier molecular flexibility index (Phi) is 6.87. The highest BCUT2D eigenvalue weighted by Crippen LogP contribution is 2.39. The number of alkyl halides is 3. The number of halogens is 6. The van der Waals surface area contributed by atoms with E-state index in [2.05, 4.69) is 15.3 Å². The Balaban J connectivity index is 1.64. The number of methoxy groups -OCH3 is 1. The summed E-state index contributed by atoms with van der Waals surface area (Å²) in [4.78, 5) is 20.5. The van der Waals surface area contributed by atoms with Gasteiger partial charge in [0.15, 0.2) is 11.5 Å². The zero-order valence-electron chi connectivity index (χ0n) is 18.5. The van der Waals surface area contributed by atoms with Crippen LogP contribution in [0.1, 0.15) is 57.2 Å². The Morgan fingerprint density at radius 2 is 1.89 bits per heavy atom. The lowest BCUT2D eigenvalue weighted by Gasteiger charge is -2.23. The summed E-state index contributed by atoms with van der Waals surface area (Å²) in [5.41, 5.74) is 4.25. The molecule has 0 spiro atoms. The van der Waals surface area contributed by atoms with Gasteiger partial charge in [-0.15, -0.1) is 0 Å². The van der Waals surface area contributed by atoms with Gasteiger partial charge in [-0.2, -0.15) is 13.2 Å². The zero-order valence-corrected chi connectivity index (χ0v) is 18.5. The molecule has 13 heteroatoms. The van der Waals surface area contributed by atoms with E-state index < -0.39 is 53.4 Å². The highest BCUT2D eigenvalue weighted by Gasteiger charge is 2.36. The molecule has 2 heterocycles. The van der Waals surface area contributed by atoms with Gasteiger partial charge in [0.05, 0.1) is 12.2 Å². The predicted molar refractivity (Wildman–Crippen MR) is 113 cm³/mol. The van der Waals surface area contributed by atoms with E-state index in [0.29, 0.717) is 12.1 Å². The van der Waals surface area contributed by atoms with Crippen LogP contribution in [0.3, 0.4) is 0 Å². The molecule has 3 N–H and O–H groups in total. The summed E-state index contributed by atoms with van der Waals surface area (Å²) in [5, 5.41) is 2.27. The summed E-state index contributed by atoms with van der Waals surface area (Å²) in [7, 11) is 1.34. The highest BCUT2D eigenvalue weighted by atomic mass is 19.4. The van der Waals surface area contributed by atoms with Crippen LogP contribution in [0.4, 0.5) is 26.3 Å². The molecule has 2 aromatic heterocycles. The SMILES string of the molecule is COC1CC=C(c2nc(C(=O)NCc3c(F)cc(F)cc3F)c(CN)o2)c2ccc(C(F)(F)F)nc21. The van der Waals surface area contributed by atoms with Crippen LogP contribution in [0.5, 0.6) is 0 Å². The summed E-state index contributed by atoms with van der Waals surface area (Å²) in [6, 6.07) is 2.95. The molecule has 3 aromatic rings. The van der Waals surface area contributed by atoms with Gasteiger partial charge in [-0.1, -0.05) is 12.1 Å². The average Bonchev–Trinajstić information content (AvgIpc) is 3.26. The molecule has 7 nitrogen and oxygen atoms in total. The van der Waals surface area contributed by atoms with Gasteiger partial charge in [-0.05, 0) is 12.5 Å². The molecule has 1 aliphatic rings. The van der Waals surface area contributed by atoms with Crippen LogP contribution in [-0.2, 0) is 24.0 Å². The molecular weight excluding hydrogens is 494 g/mol. The van der Waals surface area contributed by atoms with Crippen molar-refractivity contribution in [2.24, 2.45) is 5.73 Å². The molecule has 0 bridgehead atoms. The van der Waals surface area contributed by atoms with E-state index >= 15 is 0 Å². The quantitative estimate of drug-likeness (QED) is 0.474. The third kappa shape index (κ3) is 4.84. The van der Waals surface area contributed by atoms with Crippen LogP contribution in [0.25, 0.3) is 5.57 Å². The molecule has 0 radical (unpaired) electrons. The number of nitrogens with one attached hydrogen (secondary N) is 1. The molecule has 190 valence electrons. The van der Waals surface area contributed by atoms with Crippen molar-refractivity contribution in [1.29, 1.82) is 0 Å². The summed E-state index contributed by atoms with van der Waals surface area (Å²) in [5.74, 6) is -4.55. The van der Waals surface area contributed by atoms with Crippen LogP contribution >= 0.6 is 0 Å². The molecule has 1 atom stereocenters. The van der Waals surface area contributed by atoms with E-state index in [0.717, 1.165) is 6.07 Å². The summed E-state index contributed by atoms with van der Waals surface area (Å²) in [6.07, 6.45) is -3.65. The number of oxazole rings is 1. The molecule has 1 aromatic carbocycles. The maximum Gasteiger partial charge on any atom is 0.433 e. The van der Waals surface area contributed by atoms with Crippen molar-refractivity contribution in [3.63, 3.8) is 0 Å². The van der Waals surface area contributed by atoms with E-state index in [1.54, 1.807) is 6.08 Å². The zero-order chi connectivity index (χ0) is 26.2. The van der Waals surface area contributed by atoms with Gasteiger partial charge in [0.2, 0.25) is 5.89 Å². The number of hydrogen-bond donors (Lipinski definition) is 2. The second-order valence-corrected chi connectivity index (χ2v) is 7.73. The fourth-order valence-electron chi connectivity index (χ4n) is 3.74. The monoisotopic (exact) mass is 512 g/mol. The van der Waals surface area contributed by atoms with Gasteiger partial charge < -0.3 is 20.2 Å². The van der Waals surface area contributed by atoms with Crippen LogP contribution < -0.4 is 11.1 Å². The number of amides is 1. The highest BCUT2D eigenvalue weighted by molar-refractivity contribution is 5.94. The second-order valence-electron chi connectivity index (χ2n) is 7.73. The normalized spacial score (nSPS) is 15.4. The van der Waals surface area contributed by atoms with Gasteiger partial charge in [0, 0.05) is 42.5 Å². The number of pyridine rings is 1. The van der Waals surface area contributed by atoms with Gasteiger partial charge in [-0.25, -0.2) is 23.1 Å². The van der Waals surface area contributed by atoms with E-state index in [1.807, 2.05) is 0 Å². The number of carbonyl (C=O) groups excluding carboxylic acids is 1. The van der Waals surface area contributed by atoms with Crippen molar-refractivity contribution < 1.29 is 40.3 Å². The van der Waals surface area contributed by atoms with Crippen LogP contribution in [0, 0.1) is 17.5 Å². The Morgan fingerprint density at radius 3 is 2.50 bits per heavy atom. The standard InChI is InChI=1S/C23H18F6N4O3/c1-35-16-4-2-12(11-3-5-18(23(27,28)29)32-19(11)16)22-33-20(17(8-30)36-22)21(34)31-9-13-14(25)6-10(24)7-15(13)26/h2-3,5-7,16H,4,8-9,30H2,1H3,(H,31,34). The number of fused-ring (bicyclic) bond motifs is 1. The third-order valence-electron chi connectivity index (χ3n) is 5.49. The molecule has 0 aliphatic heterocycles. The maximum absolute atomic E-state index is 13.9. The minimum absolute atomic E-state index is 0.0191. The summed E-state index contributed by atoms with van der Waals surface area (Å²) < 4.78 is 91.3. The second kappa shape index (κ2) is 9.74. The summed E-state index contributed by atoms with van der Waals surface area (Å²) in [6.45, 7) is -0.894. The number of benzene rings is 1. The topological polar surface area (TPSA) is 103 Å². The smallest absolute Gasteiger partial charge is 0.433 e. The van der Waals surface area contributed by atoms with Gasteiger partial charge in [-0.3, -0.25) is 4.79 Å². The summed E-state index contributed by atoms with van der Waals surface area (Å²) >= 11 is 0. The number of carbonyl (C=O) groups is 1. The Labute approximate surface area is 200 Å². The predicted octanol–water partition coefficient (Wildman–Crippen LogP) is 4.42. The van der Waals surface area contributed by atoms with Crippen LogP contribution in [-0.4, -0.2) is 23.0 Å². The van der Waals surface area contributed by atoms with Crippen molar-refractivity contribution >= 4 is 11.5 Å². The van der Waals surface area contributed by atoms with Gasteiger partial charge >= 0.3 is 6.18 Å². The Hall–Kier alpha value is -3.71. The number of hydrogen-bond acceptors (Lipinski definition) is 6. The van der Waals surface area contributed by atoms with E-state index in [9.17, 15) is 31.1 Å². The van der Waals surface area contributed by atoms with Crippen LogP contribution in [0.2, 0.25) is 0 Å². The first-order valence-electron chi connectivity index (χ1n) is 10.5. The van der Waals surface area contributed by atoms with E-state index in [-0.39, 0.29) is 47.1 Å². The maximum atomic E-state index is 13.9. The number of rotatable bonds is 6. The number of nitrogens with two attached hydrogens (primary N) is 1. The number of nitrogens with zero attached hydrogens (tertiary/aromatic N) is 2. The van der Waals surface area contributed by atoms with Crippen molar-refractivity contribution in [2.45, 2.75) is 31.8 Å². The van der Waals surface area contributed by atoms with E-state index in [1.165, 1.54) is 13.2 Å². The lowest BCUT2D eigenvalue weighted by atomic mass is 9.92. The molecule has 36 heavy (non-hydrogen) atoms. The van der Waals surface area contributed by atoms with Gasteiger partial charge in [0.1, 0.15) is 29.2 Å². The third-order valence-corrected chi connectivity index (χ3v) is 5.49. The Bertz CT molecular complexity index is 1330. The molecule has 1 amide bonds.